The van der Waals surface area contributed by atoms with Crippen LogP contribution in [0.5, 0.6) is 0 Å². The molecule has 0 aliphatic heterocycles. The van der Waals surface area contributed by atoms with Crippen LogP contribution in [0.4, 0.5) is 0 Å². The summed E-state index contributed by atoms with van der Waals surface area (Å²) in [4.78, 5) is 33.9. The van der Waals surface area contributed by atoms with Gasteiger partial charge in [-0.15, -0.1) is 0 Å². The van der Waals surface area contributed by atoms with Crippen molar-refractivity contribution in [2.45, 2.75) is 20.0 Å². The summed E-state index contributed by atoms with van der Waals surface area (Å²) in [6.45, 7) is 2.86. The Balaban J connectivity index is 2.15. The third-order valence-corrected chi connectivity index (χ3v) is 3.07. The highest BCUT2D eigenvalue weighted by Gasteiger charge is 2.19. The van der Waals surface area contributed by atoms with E-state index in [0.717, 1.165) is 0 Å². The fraction of sp³-hybridized carbons (Fsp3) is 0.188. The van der Waals surface area contributed by atoms with Crippen molar-refractivity contribution < 1.29 is 23.5 Å². The number of Topliss-reactive ketones (excluding diaryl/α,β-unsaturated/α-hetero) is 1. The van der Waals surface area contributed by atoms with E-state index in [9.17, 15) is 14.4 Å². The Kier molecular flexibility index (Phi) is 4.41. The van der Waals surface area contributed by atoms with E-state index in [1.54, 1.807) is 30.3 Å². The highest BCUT2D eigenvalue weighted by molar-refractivity contribution is 5.94. The quantitative estimate of drug-likeness (QED) is 0.674. The van der Waals surface area contributed by atoms with Gasteiger partial charge in [-0.2, -0.15) is 0 Å². The number of hydrogen-bond donors (Lipinski definition) is 1. The molecule has 0 aliphatic carbocycles. The number of esters is 1. The zero-order valence-corrected chi connectivity index (χ0v) is 12.2. The number of nitrogens with two attached hydrogens (primary N) is 1. The molecule has 114 valence electrons. The van der Waals surface area contributed by atoms with Crippen molar-refractivity contribution in [1.82, 2.24) is 0 Å². The average Bonchev–Trinajstić information content (AvgIpc) is 2.97. The molecule has 2 aromatic rings. The molecule has 1 atom stereocenters. The van der Waals surface area contributed by atoms with E-state index in [0.29, 0.717) is 16.9 Å². The molecular formula is C16H15NO5. The first kappa shape index (κ1) is 15.5. The van der Waals surface area contributed by atoms with Crippen molar-refractivity contribution in [3.8, 4) is 11.3 Å². The molecule has 0 radical (unpaired) electrons. The van der Waals surface area contributed by atoms with Gasteiger partial charge in [0.1, 0.15) is 5.76 Å². The second-order valence-electron chi connectivity index (χ2n) is 4.75. The second kappa shape index (κ2) is 6.26. The molecule has 0 fully saturated rings. The van der Waals surface area contributed by atoms with Crippen LogP contribution in [0.1, 0.15) is 34.8 Å². The van der Waals surface area contributed by atoms with Gasteiger partial charge < -0.3 is 14.9 Å². The number of amides is 1. The Morgan fingerprint density at radius 1 is 1.09 bits per heavy atom. The van der Waals surface area contributed by atoms with Crippen molar-refractivity contribution in [2.24, 2.45) is 5.73 Å². The van der Waals surface area contributed by atoms with Gasteiger partial charge in [-0.25, -0.2) is 4.79 Å². The maximum atomic E-state index is 11.8. The normalized spacial score (nSPS) is 11.7. The molecule has 1 amide bonds. The first-order valence-corrected chi connectivity index (χ1v) is 6.60. The molecule has 0 aliphatic rings. The third-order valence-electron chi connectivity index (χ3n) is 3.07. The number of carbonyl (C=O) groups is 3. The lowest BCUT2D eigenvalue weighted by Crippen LogP contribution is -2.30. The Morgan fingerprint density at radius 2 is 1.73 bits per heavy atom. The third kappa shape index (κ3) is 3.41. The van der Waals surface area contributed by atoms with Gasteiger partial charge in [0.15, 0.2) is 11.9 Å². The second-order valence-corrected chi connectivity index (χ2v) is 4.75. The number of furan rings is 1. The van der Waals surface area contributed by atoms with Crippen LogP contribution in [0.15, 0.2) is 40.8 Å². The number of ether oxygens (including phenoxy) is 1. The van der Waals surface area contributed by atoms with Crippen LogP contribution >= 0.6 is 0 Å². The Hall–Kier alpha value is -2.89. The lowest BCUT2D eigenvalue weighted by molar-refractivity contribution is -0.125. The minimum absolute atomic E-state index is 0.0289. The first-order chi connectivity index (χ1) is 10.4. The SMILES string of the molecule is CC(=O)c1ccc(-c2ccc(C(=O)O[C@@H](C)C(N)=O)o2)cc1. The van der Waals surface area contributed by atoms with Crippen molar-refractivity contribution >= 4 is 17.7 Å². The van der Waals surface area contributed by atoms with Gasteiger partial charge in [0.25, 0.3) is 5.91 Å². The number of rotatable bonds is 5. The van der Waals surface area contributed by atoms with E-state index in [1.165, 1.54) is 19.9 Å². The molecule has 6 heteroatoms. The molecule has 0 saturated carbocycles. The summed E-state index contributed by atoms with van der Waals surface area (Å²) < 4.78 is 10.2. The van der Waals surface area contributed by atoms with Crippen LogP contribution in [0.2, 0.25) is 0 Å². The number of primary amides is 1. The zero-order chi connectivity index (χ0) is 16.3. The summed E-state index contributed by atoms with van der Waals surface area (Å²) in [5.41, 5.74) is 6.33. The fourth-order valence-corrected chi connectivity index (χ4v) is 1.75. The van der Waals surface area contributed by atoms with Gasteiger partial charge in [0, 0.05) is 11.1 Å². The lowest BCUT2D eigenvalue weighted by Gasteiger charge is -2.07. The summed E-state index contributed by atoms with van der Waals surface area (Å²) in [5.74, 6) is -1.11. The highest BCUT2D eigenvalue weighted by Crippen LogP contribution is 2.23. The molecule has 6 nitrogen and oxygen atoms in total. The smallest absolute Gasteiger partial charge is 0.375 e. The van der Waals surface area contributed by atoms with Crippen LogP contribution in [-0.4, -0.2) is 23.8 Å². The van der Waals surface area contributed by atoms with Gasteiger partial charge >= 0.3 is 5.97 Å². The molecule has 0 unspecified atom stereocenters. The van der Waals surface area contributed by atoms with Gasteiger partial charge in [-0.1, -0.05) is 24.3 Å². The molecule has 1 aromatic heterocycles. The fourth-order valence-electron chi connectivity index (χ4n) is 1.75. The minimum Gasteiger partial charge on any atom is -0.449 e. The summed E-state index contributed by atoms with van der Waals surface area (Å²) in [7, 11) is 0. The van der Waals surface area contributed by atoms with Crippen LogP contribution in [0.3, 0.4) is 0 Å². The van der Waals surface area contributed by atoms with Gasteiger partial charge in [-0.05, 0) is 26.0 Å². The van der Waals surface area contributed by atoms with Gasteiger partial charge in [0.2, 0.25) is 5.76 Å². The van der Waals surface area contributed by atoms with E-state index in [2.05, 4.69) is 0 Å². The van der Waals surface area contributed by atoms with Gasteiger partial charge in [0.05, 0.1) is 0 Å². The molecule has 2 rings (SSSR count). The van der Waals surface area contributed by atoms with Crippen LogP contribution < -0.4 is 5.73 Å². The molecule has 1 heterocycles. The number of benzene rings is 1. The van der Waals surface area contributed by atoms with E-state index in [1.807, 2.05) is 0 Å². The molecule has 0 spiro atoms. The summed E-state index contributed by atoms with van der Waals surface area (Å²) in [5, 5.41) is 0. The maximum Gasteiger partial charge on any atom is 0.375 e. The molecule has 0 saturated heterocycles. The highest BCUT2D eigenvalue weighted by atomic mass is 16.6. The lowest BCUT2D eigenvalue weighted by atomic mass is 10.1. The molecule has 0 bridgehead atoms. The van der Waals surface area contributed by atoms with E-state index in [4.69, 9.17) is 14.9 Å². The molecule has 22 heavy (non-hydrogen) atoms. The van der Waals surface area contributed by atoms with Crippen molar-refractivity contribution in [3.05, 3.63) is 47.7 Å². The summed E-state index contributed by atoms with van der Waals surface area (Å²) in [6, 6.07) is 9.84. The first-order valence-electron chi connectivity index (χ1n) is 6.60. The van der Waals surface area contributed by atoms with Crippen molar-refractivity contribution in [2.75, 3.05) is 0 Å². The van der Waals surface area contributed by atoms with Crippen LogP contribution in [-0.2, 0) is 9.53 Å². The number of carbonyl (C=O) groups excluding carboxylic acids is 3. The Labute approximate surface area is 126 Å². The van der Waals surface area contributed by atoms with Crippen molar-refractivity contribution in [1.29, 1.82) is 0 Å². The minimum atomic E-state index is -1.03. The molecule has 2 N–H and O–H groups in total. The maximum absolute atomic E-state index is 11.8. The monoisotopic (exact) mass is 301 g/mol. The van der Waals surface area contributed by atoms with E-state index in [-0.39, 0.29) is 11.5 Å². The molecular weight excluding hydrogens is 286 g/mol. The largest absolute Gasteiger partial charge is 0.449 e. The zero-order valence-electron chi connectivity index (χ0n) is 12.2. The Morgan fingerprint density at radius 3 is 2.27 bits per heavy atom. The number of hydrogen-bond acceptors (Lipinski definition) is 5. The van der Waals surface area contributed by atoms with E-state index >= 15 is 0 Å². The topological polar surface area (TPSA) is 99.6 Å². The summed E-state index contributed by atoms with van der Waals surface area (Å²) in [6.07, 6.45) is -1.03. The standard InChI is InChI=1S/C16H15NO5/c1-9(18)11-3-5-12(6-4-11)13-7-8-14(22-13)16(20)21-10(2)15(17)19/h3-8,10H,1-2H3,(H2,17,19)/t10-/m0/s1. The summed E-state index contributed by atoms with van der Waals surface area (Å²) >= 11 is 0. The van der Waals surface area contributed by atoms with Gasteiger partial charge in [-0.3, -0.25) is 9.59 Å². The van der Waals surface area contributed by atoms with Crippen molar-refractivity contribution in [3.63, 3.8) is 0 Å². The van der Waals surface area contributed by atoms with Crippen LogP contribution in [0, 0.1) is 0 Å². The van der Waals surface area contributed by atoms with E-state index < -0.39 is 18.0 Å². The average molecular weight is 301 g/mol. The Bertz CT molecular complexity index is 714. The number of ketones is 1. The predicted molar refractivity (Wildman–Crippen MR) is 78.2 cm³/mol. The molecule has 1 aromatic carbocycles. The van der Waals surface area contributed by atoms with Crippen LogP contribution in [0.25, 0.3) is 11.3 Å². The predicted octanol–water partition coefficient (Wildman–Crippen LogP) is 2.18.